The van der Waals surface area contributed by atoms with Crippen molar-refractivity contribution in [2.24, 2.45) is 0 Å². The van der Waals surface area contributed by atoms with Gasteiger partial charge in [-0.15, -0.1) is 0 Å². The fraction of sp³-hybridized carbons (Fsp3) is 0.700. The standard InChI is InChI=1S/C10H16N2S/c1-7-9(12-10(13)11-7)8-5-3-2-4-6-8/h8H,2-6H2,1H3,(H2,11,12,13). The second kappa shape index (κ2) is 3.66. The SMILES string of the molecule is Cc1[nH]c(=S)[nH]c1C1CCCCC1. The van der Waals surface area contributed by atoms with Crippen molar-refractivity contribution in [3.63, 3.8) is 0 Å². The molecule has 0 aromatic carbocycles. The Balaban J connectivity index is 2.23. The average molecular weight is 196 g/mol. The number of imidazole rings is 1. The van der Waals surface area contributed by atoms with Gasteiger partial charge in [0.2, 0.25) is 0 Å². The summed E-state index contributed by atoms with van der Waals surface area (Å²) in [5, 5.41) is 0. The van der Waals surface area contributed by atoms with Crippen molar-refractivity contribution in [2.45, 2.75) is 44.9 Å². The van der Waals surface area contributed by atoms with Crippen molar-refractivity contribution < 1.29 is 0 Å². The molecule has 0 amide bonds. The van der Waals surface area contributed by atoms with E-state index in [0.717, 1.165) is 10.7 Å². The minimum absolute atomic E-state index is 0.724. The molecule has 1 heterocycles. The zero-order valence-electron chi connectivity index (χ0n) is 8.02. The smallest absolute Gasteiger partial charge is 0.174 e. The molecule has 3 heteroatoms. The van der Waals surface area contributed by atoms with E-state index in [1.165, 1.54) is 43.5 Å². The van der Waals surface area contributed by atoms with E-state index in [4.69, 9.17) is 12.2 Å². The summed E-state index contributed by atoms with van der Waals surface area (Å²) in [6.07, 6.45) is 6.79. The molecule has 2 nitrogen and oxygen atoms in total. The number of aryl methyl sites for hydroxylation is 1. The van der Waals surface area contributed by atoms with Crippen LogP contribution in [0.25, 0.3) is 0 Å². The summed E-state index contributed by atoms with van der Waals surface area (Å²) in [5.41, 5.74) is 2.58. The van der Waals surface area contributed by atoms with Crippen LogP contribution >= 0.6 is 12.2 Å². The molecule has 1 fully saturated rings. The highest BCUT2D eigenvalue weighted by Crippen LogP contribution is 2.32. The first kappa shape index (κ1) is 9.00. The van der Waals surface area contributed by atoms with Crippen LogP contribution in [0.15, 0.2) is 0 Å². The van der Waals surface area contributed by atoms with Crippen molar-refractivity contribution in [3.05, 3.63) is 16.2 Å². The third-order valence-corrected chi connectivity index (χ3v) is 3.17. The van der Waals surface area contributed by atoms with Crippen LogP contribution in [0.2, 0.25) is 0 Å². The van der Waals surface area contributed by atoms with Gasteiger partial charge in [0.25, 0.3) is 0 Å². The minimum atomic E-state index is 0.724. The van der Waals surface area contributed by atoms with Crippen LogP contribution in [0.4, 0.5) is 0 Å². The third kappa shape index (κ3) is 1.85. The van der Waals surface area contributed by atoms with Crippen molar-refractivity contribution in [2.75, 3.05) is 0 Å². The number of H-pyrrole nitrogens is 2. The van der Waals surface area contributed by atoms with Crippen molar-refractivity contribution in [3.8, 4) is 0 Å². The number of nitrogens with one attached hydrogen (secondary N) is 2. The highest BCUT2D eigenvalue weighted by molar-refractivity contribution is 7.71. The lowest BCUT2D eigenvalue weighted by Gasteiger charge is -2.20. The van der Waals surface area contributed by atoms with Gasteiger partial charge >= 0.3 is 0 Å². The molecule has 1 aliphatic rings. The Morgan fingerprint density at radius 3 is 2.38 bits per heavy atom. The molecule has 13 heavy (non-hydrogen) atoms. The number of aromatic nitrogens is 2. The number of hydrogen-bond acceptors (Lipinski definition) is 1. The minimum Gasteiger partial charge on any atom is -0.335 e. The van der Waals surface area contributed by atoms with Crippen molar-refractivity contribution in [1.82, 2.24) is 9.97 Å². The van der Waals surface area contributed by atoms with Gasteiger partial charge in [0, 0.05) is 17.3 Å². The molecule has 0 bridgehead atoms. The highest BCUT2D eigenvalue weighted by Gasteiger charge is 2.18. The van der Waals surface area contributed by atoms with Crippen LogP contribution in [-0.4, -0.2) is 9.97 Å². The summed E-state index contributed by atoms with van der Waals surface area (Å²) < 4.78 is 0.776. The van der Waals surface area contributed by atoms with Crippen LogP contribution in [0.1, 0.15) is 49.4 Å². The summed E-state index contributed by atoms with van der Waals surface area (Å²) in [7, 11) is 0. The zero-order valence-corrected chi connectivity index (χ0v) is 8.84. The molecule has 1 aromatic rings. The maximum Gasteiger partial charge on any atom is 0.174 e. The second-order valence-electron chi connectivity index (χ2n) is 3.95. The van der Waals surface area contributed by atoms with Gasteiger partial charge in [-0.2, -0.15) is 0 Å². The van der Waals surface area contributed by atoms with Crippen molar-refractivity contribution in [1.29, 1.82) is 0 Å². The first-order valence-electron chi connectivity index (χ1n) is 5.06. The summed E-state index contributed by atoms with van der Waals surface area (Å²) in [6.45, 7) is 2.11. The molecule has 0 saturated heterocycles. The Labute approximate surface area is 83.8 Å². The Morgan fingerprint density at radius 1 is 1.15 bits per heavy atom. The van der Waals surface area contributed by atoms with Gasteiger partial charge in [0.1, 0.15) is 0 Å². The first-order chi connectivity index (χ1) is 6.27. The maximum absolute atomic E-state index is 5.08. The lowest BCUT2D eigenvalue weighted by molar-refractivity contribution is 0.436. The lowest BCUT2D eigenvalue weighted by Crippen LogP contribution is -2.06. The summed E-state index contributed by atoms with van der Waals surface area (Å²) in [6, 6.07) is 0. The van der Waals surface area contributed by atoms with Crippen LogP contribution in [0, 0.1) is 11.7 Å². The normalized spacial score (nSPS) is 19.2. The highest BCUT2D eigenvalue weighted by atomic mass is 32.1. The van der Waals surface area contributed by atoms with Crippen LogP contribution in [0.3, 0.4) is 0 Å². The molecule has 1 saturated carbocycles. The molecule has 1 aliphatic carbocycles. The summed E-state index contributed by atoms with van der Waals surface area (Å²) in [4.78, 5) is 6.44. The molecule has 1 aromatic heterocycles. The second-order valence-corrected chi connectivity index (χ2v) is 4.36. The average Bonchev–Trinajstić information content (AvgIpc) is 2.47. The fourth-order valence-corrected chi connectivity index (χ4v) is 2.55. The maximum atomic E-state index is 5.08. The van der Waals surface area contributed by atoms with Crippen molar-refractivity contribution >= 4 is 12.2 Å². The van der Waals surface area contributed by atoms with Crippen LogP contribution < -0.4 is 0 Å². The molecule has 0 radical (unpaired) electrons. The van der Waals surface area contributed by atoms with E-state index < -0.39 is 0 Å². The van der Waals surface area contributed by atoms with Gasteiger partial charge in [-0.3, -0.25) is 0 Å². The van der Waals surface area contributed by atoms with E-state index in [2.05, 4.69) is 16.9 Å². The van der Waals surface area contributed by atoms with E-state index in [1.54, 1.807) is 0 Å². The van der Waals surface area contributed by atoms with E-state index in [0.29, 0.717) is 0 Å². The molecule has 0 atom stereocenters. The molecular formula is C10H16N2S. The zero-order chi connectivity index (χ0) is 9.26. The Kier molecular flexibility index (Phi) is 2.54. The topological polar surface area (TPSA) is 31.6 Å². The Morgan fingerprint density at radius 2 is 1.85 bits per heavy atom. The summed E-state index contributed by atoms with van der Waals surface area (Å²) >= 11 is 5.08. The van der Waals surface area contributed by atoms with Gasteiger partial charge < -0.3 is 9.97 Å². The van der Waals surface area contributed by atoms with Gasteiger partial charge in [-0.25, -0.2) is 0 Å². The molecule has 2 rings (SSSR count). The van der Waals surface area contributed by atoms with E-state index in [1.807, 2.05) is 0 Å². The predicted octanol–water partition coefficient (Wildman–Crippen LogP) is 3.43. The molecule has 0 unspecified atom stereocenters. The van der Waals surface area contributed by atoms with Crippen LogP contribution in [-0.2, 0) is 0 Å². The van der Waals surface area contributed by atoms with Gasteiger partial charge in [-0.05, 0) is 32.0 Å². The largest absolute Gasteiger partial charge is 0.335 e. The molecule has 0 spiro atoms. The monoisotopic (exact) mass is 196 g/mol. The van der Waals surface area contributed by atoms with Crippen LogP contribution in [0.5, 0.6) is 0 Å². The molecular weight excluding hydrogens is 180 g/mol. The van der Waals surface area contributed by atoms with E-state index >= 15 is 0 Å². The Bertz CT molecular complexity index is 331. The van der Waals surface area contributed by atoms with Gasteiger partial charge in [0.05, 0.1) is 0 Å². The number of rotatable bonds is 1. The first-order valence-corrected chi connectivity index (χ1v) is 5.47. The summed E-state index contributed by atoms with van der Waals surface area (Å²) in [5.74, 6) is 0.724. The Hall–Kier alpha value is -0.570. The number of hydrogen-bond donors (Lipinski definition) is 2. The fourth-order valence-electron chi connectivity index (χ4n) is 2.28. The predicted molar refractivity (Wildman–Crippen MR) is 56.5 cm³/mol. The quantitative estimate of drug-likeness (QED) is 0.662. The van der Waals surface area contributed by atoms with Gasteiger partial charge in [0.15, 0.2) is 4.77 Å². The lowest BCUT2D eigenvalue weighted by atomic mass is 9.86. The third-order valence-electron chi connectivity index (χ3n) is 2.97. The van der Waals surface area contributed by atoms with E-state index in [9.17, 15) is 0 Å². The van der Waals surface area contributed by atoms with E-state index in [-0.39, 0.29) is 0 Å². The number of aromatic amines is 2. The molecule has 0 aliphatic heterocycles. The molecule has 72 valence electrons. The molecule has 2 N–H and O–H groups in total. The van der Waals surface area contributed by atoms with Gasteiger partial charge in [-0.1, -0.05) is 19.3 Å².